The summed E-state index contributed by atoms with van der Waals surface area (Å²) < 4.78 is 0.548. The van der Waals surface area contributed by atoms with Crippen LogP contribution >= 0.6 is 22.7 Å². The lowest BCUT2D eigenvalue weighted by Crippen LogP contribution is -2.27. The van der Waals surface area contributed by atoms with Gasteiger partial charge in [-0.15, -0.1) is 22.7 Å². The fourth-order valence-corrected chi connectivity index (χ4v) is 3.61. The molecule has 0 spiro atoms. The minimum atomic E-state index is -1.06. The third-order valence-electron chi connectivity index (χ3n) is 3.13. The number of hydrogen-bond donors (Lipinski definition) is 2. The van der Waals surface area contributed by atoms with E-state index >= 15 is 0 Å². The first-order valence-electron chi connectivity index (χ1n) is 6.50. The number of aromatic amines is 1. The van der Waals surface area contributed by atoms with E-state index in [9.17, 15) is 14.4 Å². The molecule has 0 aromatic carbocycles. The fraction of sp³-hybridized carbons (Fsp3) is 0.143. The first-order chi connectivity index (χ1) is 11.0. The van der Waals surface area contributed by atoms with Crippen molar-refractivity contribution in [3.63, 3.8) is 0 Å². The van der Waals surface area contributed by atoms with Crippen molar-refractivity contribution in [3.05, 3.63) is 49.5 Å². The number of nitrogens with zero attached hydrogens (tertiary/aromatic N) is 2. The average Bonchev–Trinajstić information content (AvgIpc) is 3.15. The van der Waals surface area contributed by atoms with Crippen LogP contribution in [0.5, 0.6) is 0 Å². The Bertz CT molecular complexity index is 956. The Morgan fingerprint density at radius 1 is 1.30 bits per heavy atom. The van der Waals surface area contributed by atoms with Crippen LogP contribution in [0, 0.1) is 0 Å². The van der Waals surface area contributed by atoms with Crippen molar-refractivity contribution in [2.75, 3.05) is 7.05 Å². The van der Waals surface area contributed by atoms with Crippen LogP contribution in [-0.2, 0) is 6.54 Å². The van der Waals surface area contributed by atoms with Gasteiger partial charge in [0.1, 0.15) is 15.4 Å². The number of nitrogens with one attached hydrogen (secondary N) is 1. The molecule has 0 radical (unpaired) electrons. The second-order valence-electron chi connectivity index (χ2n) is 4.78. The predicted octanol–water partition coefficient (Wildman–Crippen LogP) is 2.02. The number of carboxylic acid groups (broad SMARTS) is 1. The molecule has 1 amide bonds. The monoisotopic (exact) mass is 349 g/mol. The molecule has 0 saturated heterocycles. The topological polar surface area (TPSA) is 103 Å². The van der Waals surface area contributed by atoms with E-state index in [0.29, 0.717) is 20.9 Å². The van der Waals surface area contributed by atoms with E-state index in [1.165, 1.54) is 28.4 Å². The molecule has 0 unspecified atom stereocenters. The van der Waals surface area contributed by atoms with Gasteiger partial charge >= 0.3 is 5.97 Å². The van der Waals surface area contributed by atoms with Crippen LogP contribution < -0.4 is 5.56 Å². The molecule has 0 aliphatic rings. The van der Waals surface area contributed by atoms with Crippen molar-refractivity contribution in [1.29, 1.82) is 0 Å². The number of fused-ring (bicyclic) bond motifs is 1. The number of rotatable bonds is 4. The minimum absolute atomic E-state index is 0.105. The highest BCUT2D eigenvalue weighted by Gasteiger charge is 2.18. The number of carbonyl (C=O) groups is 2. The van der Waals surface area contributed by atoms with Crippen molar-refractivity contribution in [3.8, 4) is 0 Å². The van der Waals surface area contributed by atoms with Gasteiger partial charge in [-0.3, -0.25) is 9.59 Å². The SMILES string of the molecule is CN(Cc1nc2ccsc2c(=O)[nH]1)C(=O)c1ccc(C(=O)O)s1. The first-order valence-corrected chi connectivity index (χ1v) is 8.20. The van der Waals surface area contributed by atoms with Crippen molar-refractivity contribution >= 4 is 44.8 Å². The maximum Gasteiger partial charge on any atom is 0.345 e. The van der Waals surface area contributed by atoms with Gasteiger partial charge in [0.2, 0.25) is 0 Å². The van der Waals surface area contributed by atoms with Gasteiger partial charge in [-0.25, -0.2) is 9.78 Å². The van der Waals surface area contributed by atoms with Crippen LogP contribution in [0.3, 0.4) is 0 Å². The fourth-order valence-electron chi connectivity index (χ4n) is 2.05. The van der Waals surface area contributed by atoms with Gasteiger partial charge in [-0.1, -0.05) is 0 Å². The van der Waals surface area contributed by atoms with Crippen molar-refractivity contribution in [2.45, 2.75) is 6.54 Å². The number of carboxylic acids is 1. The van der Waals surface area contributed by atoms with Crippen LogP contribution in [0.4, 0.5) is 0 Å². The highest BCUT2D eigenvalue weighted by atomic mass is 32.1. The van der Waals surface area contributed by atoms with E-state index in [2.05, 4.69) is 9.97 Å². The zero-order valence-electron chi connectivity index (χ0n) is 11.9. The van der Waals surface area contributed by atoms with Crippen LogP contribution in [-0.4, -0.2) is 38.9 Å². The van der Waals surface area contributed by atoms with Gasteiger partial charge in [-0.2, -0.15) is 0 Å². The third-order valence-corrected chi connectivity index (χ3v) is 5.09. The Morgan fingerprint density at radius 2 is 2.04 bits per heavy atom. The average molecular weight is 349 g/mol. The van der Waals surface area contributed by atoms with Gasteiger partial charge < -0.3 is 15.0 Å². The lowest BCUT2D eigenvalue weighted by molar-refractivity contribution is 0.0701. The number of hydrogen-bond acceptors (Lipinski definition) is 6. The van der Waals surface area contributed by atoms with E-state index in [1.807, 2.05) is 0 Å². The largest absolute Gasteiger partial charge is 0.477 e. The number of aromatic nitrogens is 2. The molecule has 3 heterocycles. The molecule has 9 heteroatoms. The van der Waals surface area contributed by atoms with Gasteiger partial charge in [0.25, 0.3) is 11.5 Å². The molecule has 7 nitrogen and oxygen atoms in total. The predicted molar refractivity (Wildman–Crippen MR) is 87.3 cm³/mol. The molecule has 0 bridgehead atoms. The molecule has 0 aliphatic heterocycles. The second kappa shape index (κ2) is 5.94. The summed E-state index contributed by atoms with van der Waals surface area (Å²) in [5, 5.41) is 10.7. The molecule has 0 saturated carbocycles. The quantitative estimate of drug-likeness (QED) is 0.750. The maximum absolute atomic E-state index is 12.3. The second-order valence-corrected chi connectivity index (χ2v) is 6.78. The van der Waals surface area contributed by atoms with Crippen LogP contribution in [0.15, 0.2) is 28.4 Å². The lowest BCUT2D eigenvalue weighted by atomic mass is 10.3. The van der Waals surface area contributed by atoms with Crippen LogP contribution in [0.1, 0.15) is 25.2 Å². The van der Waals surface area contributed by atoms with Crippen molar-refractivity contribution in [1.82, 2.24) is 14.9 Å². The number of amides is 1. The summed E-state index contributed by atoms with van der Waals surface area (Å²) in [5.74, 6) is -1.01. The summed E-state index contributed by atoms with van der Waals surface area (Å²) >= 11 is 2.22. The van der Waals surface area contributed by atoms with E-state index in [-0.39, 0.29) is 22.9 Å². The summed E-state index contributed by atoms with van der Waals surface area (Å²) in [6.07, 6.45) is 0. The summed E-state index contributed by atoms with van der Waals surface area (Å²) in [6, 6.07) is 4.62. The zero-order valence-corrected chi connectivity index (χ0v) is 13.5. The Kier molecular flexibility index (Phi) is 3.97. The number of carbonyl (C=O) groups excluding carboxylic acids is 1. The van der Waals surface area contributed by atoms with Crippen molar-refractivity contribution in [2.24, 2.45) is 0 Å². The normalized spacial score (nSPS) is 10.8. The van der Waals surface area contributed by atoms with Crippen LogP contribution in [0.2, 0.25) is 0 Å². The summed E-state index contributed by atoms with van der Waals surface area (Å²) in [7, 11) is 1.57. The molecule has 0 aliphatic carbocycles. The first kappa shape index (κ1) is 15.4. The molecular weight excluding hydrogens is 338 g/mol. The molecule has 3 aromatic rings. The maximum atomic E-state index is 12.3. The van der Waals surface area contributed by atoms with Gasteiger partial charge in [0.05, 0.1) is 16.9 Å². The minimum Gasteiger partial charge on any atom is -0.477 e. The highest BCUT2D eigenvalue weighted by Crippen LogP contribution is 2.19. The molecule has 3 rings (SSSR count). The third kappa shape index (κ3) is 3.01. The molecular formula is C14H11N3O4S2. The number of aromatic carboxylic acids is 1. The van der Waals surface area contributed by atoms with Gasteiger partial charge in [-0.05, 0) is 23.6 Å². The van der Waals surface area contributed by atoms with Crippen LogP contribution in [0.25, 0.3) is 10.2 Å². The number of H-pyrrole nitrogens is 1. The van der Waals surface area contributed by atoms with E-state index in [0.717, 1.165) is 11.3 Å². The Hall–Kier alpha value is -2.52. The molecule has 0 fully saturated rings. The van der Waals surface area contributed by atoms with Gasteiger partial charge in [0.15, 0.2) is 0 Å². The summed E-state index contributed by atoms with van der Waals surface area (Å²) in [5.41, 5.74) is 0.365. The molecule has 23 heavy (non-hydrogen) atoms. The smallest absolute Gasteiger partial charge is 0.345 e. The van der Waals surface area contributed by atoms with Gasteiger partial charge in [0, 0.05) is 7.05 Å². The van der Waals surface area contributed by atoms with E-state index in [4.69, 9.17) is 5.11 Å². The lowest BCUT2D eigenvalue weighted by Gasteiger charge is -2.15. The summed E-state index contributed by atoms with van der Waals surface area (Å²) in [6.45, 7) is 0.125. The molecule has 0 atom stereocenters. The Balaban J connectivity index is 1.81. The van der Waals surface area contributed by atoms with E-state index in [1.54, 1.807) is 18.5 Å². The van der Waals surface area contributed by atoms with E-state index < -0.39 is 5.97 Å². The Labute approximate surface area is 137 Å². The molecule has 3 aromatic heterocycles. The summed E-state index contributed by atoms with van der Waals surface area (Å²) in [4.78, 5) is 43.9. The zero-order chi connectivity index (χ0) is 16.6. The molecule has 118 valence electrons. The highest BCUT2D eigenvalue weighted by molar-refractivity contribution is 7.17. The standard InChI is InChI=1S/C14H11N3O4S2/c1-17(13(19)8-2-3-9(23-8)14(20)21)6-10-15-7-4-5-22-11(7)12(18)16-10/h2-5H,6H2,1H3,(H,20,21)(H,15,16,18). The molecule has 2 N–H and O–H groups in total. The van der Waals surface area contributed by atoms with Crippen molar-refractivity contribution < 1.29 is 14.7 Å². The Morgan fingerprint density at radius 3 is 2.74 bits per heavy atom. The number of thiophene rings is 2.